The molecule has 1 aliphatic rings. The molecule has 2 aromatic rings. The molecule has 1 atom stereocenters. The maximum Gasteiger partial charge on any atom is 0.263 e. The molecule has 2 aromatic carbocycles. The van der Waals surface area contributed by atoms with Gasteiger partial charge in [0.2, 0.25) is 0 Å². The Morgan fingerprint density at radius 3 is 2.62 bits per heavy atom. The van der Waals surface area contributed by atoms with Gasteiger partial charge in [-0.1, -0.05) is 55.8 Å². The molecule has 0 aromatic heterocycles. The van der Waals surface area contributed by atoms with Crippen LogP contribution in [0.4, 0.5) is 5.69 Å². The van der Waals surface area contributed by atoms with Crippen LogP contribution < -0.4 is 4.90 Å². The quantitative estimate of drug-likeness (QED) is 0.543. The van der Waals surface area contributed by atoms with Gasteiger partial charge in [0.05, 0.1) is 12.7 Å². The van der Waals surface area contributed by atoms with Crippen LogP contribution in [0.5, 0.6) is 0 Å². The zero-order valence-corrected chi connectivity index (χ0v) is 19.2. The Hall–Kier alpha value is -3.25. The fourth-order valence-corrected chi connectivity index (χ4v) is 3.89. The van der Waals surface area contributed by atoms with Gasteiger partial charge in [0, 0.05) is 39.1 Å². The smallest absolute Gasteiger partial charge is 0.263 e. The number of ether oxygens (including phenoxy) is 1. The molecule has 3 rings (SSSR count). The molecule has 0 saturated carbocycles. The van der Waals surface area contributed by atoms with E-state index in [0.29, 0.717) is 31.1 Å². The average Bonchev–Trinajstić information content (AvgIpc) is 2.93. The van der Waals surface area contributed by atoms with E-state index in [0.717, 1.165) is 24.1 Å². The van der Waals surface area contributed by atoms with E-state index in [1.165, 1.54) is 5.56 Å². The topological polar surface area (TPSA) is 57.5 Å². The van der Waals surface area contributed by atoms with Gasteiger partial charge < -0.3 is 14.5 Å². The Kier molecular flexibility index (Phi) is 8.34. The summed E-state index contributed by atoms with van der Waals surface area (Å²) in [5.74, 6) is 0.418. The first kappa shape index (κ1) is 23.4. The number of aliphatic imine (C=N–C) groups is 2. The van der Waals surface area contributed by atoms with Gasteiger partial charge in [-0.3, -0.25) is 9.79 Å². The number of amides is 1. The second-order valence-corrected chi connectivity index (χ2v) is 7.83. The Morgan fingerprint density at radius 1 is 1.16 bits per heavy atom. The summed E-state index contributed by atoms with van der Waals surface area (Å²) in [6.45, 7) is 7.47. The number of carbonyl (C=O) groups excluding carboxylic acids is 1. The summed E-state index contributed by atoms with van der Waals surface area (Å²) in [5, 5.41) is 0. The first-order chi connectivity index (χ1) is 15.6. The Morgan fingerprint density at radius 2 is 1.94 bits per heavy atom. The molecular weight excluding hydrogens is 400 g/mol. The molecule has 0 aliphatic carbocycles. The van der Waals surface area contributed by atoms with Crippen molar-refractivity contribution in [1.29, 1.82) is 0 Å². The van der Waals surface area contributed by atoms with Crippen molar-refractivity contribution in [2.75, 3.05) is 32.1 Å². The molecule has 32 heavy (non-hydrogen) atoms. The number of nitrogens with zero attached hydrogens (tertiary/aromatic N) is 4. The third kappa shape index (κ3) is 5.51. The van der Waals surface area contributed by atoms with E-state index in [2.05, 4.69) is 35.8 Å². The number of hydrogen-bond donors (Lipinski definition) is 0. The predicted octanol–water partition coefficient (Wildman–Crippen LogP) is 4.64. The maximum atomic E-state index is 13.3. The number of hydrogen-bond acceptors (Lipinski definition) is 5. The summed E-state index contributed by atoms with van der Waals surface area (Å²) in [5.41, 5.74) is 3.50. The van der Waals surface area contributed by atoms with Gasteiger partial charge >= 0.3 is 0 Å². The third-order valence-electron chi connectivity index (χ3n) is 5.54. The lowest BCUT2D eigenvalue weighted by molar-refractivity contribution is -0.114. The number of benzene rings is 2. The Balaban J connectivity index is 1.81. The van der Waals surface area contributed by atoms with Crippen molar-refractivity contribution in [3.05, 3.63) is 77.1 Å². The van der Waals surface area contributed by atoms with Crippen molar-refractivity contribution >= 4 is 24.5 Å². The van der Waals surface area contributed by atoms with Crippen molar-refractivity contribution in [2.45, 2.75) is 32.5 Å². The van der Waals surface area contributed by atoms with E-state index in [9.17, 15) is 4.79 Å². The van der Waals surface area contributed by atoms with E-state index in [1.54, 1.807) is 18.2 Å². The molecule has 168 valence electrons. The second-order valence-electron chi connectivity index (χ2n) is 7.83. The first-order valence-electron chi connectivity index (χ1n) is 11.0. The molecule has 1 amide bonds. The molecule has 1 heterocycles. The van der Waals surface area contributed by atoms with Gasteiger partial charge in [-0.15, -0.1) is 0 Å². The van der Waals surface area contributed by atoms with Gasteiger partial charge in [0.15, 0.2) is 0 Å². The van der Waals surface area contributed by atoms with Crippen LogP contribution in [0.1, 0.15) is 37.0 Å². The zero-order chi connectivity index (χ0) is 22.9. The van der Waals surface area contributed by atoms with Crippen LogP contribution in [0.15, 0.2) is 76.0 Å². The standard InChI is InChI=1S/C26H32N4O2/c1-5-10-24(21-12-7-6-8-13-21)32-19-20-11-9-14-22(17-20)30-16-15-29(4)25(28-3)23(18-27-2)26(30)31/h6-9,11-14,17-18,24H,3,5,10,15-16,19H2,1-2,4H3/b27-18-. The van der Waals surface area contributed by atoms with Crippen molar-refractivity contribution < 1.29 is 9.53 Å². The van der Waals surface area contributed by atoms with Gasteiger partial charge in [0.25, 0.3) is 5.91 Å². The van der Waals surface area contributed by atoms with Crippen molar-refractivity contribution in [3.63, 3.8) is 0 Å². The van der Waals surface area contributed by atoms with Gasteiger partial charge in [-0.2, -0.15) is 0 Å². The van der Waals surface area contributed by atoms with Crippen LogP contribution in [0, 0.1) is 0 Å². The molecule has 0 bridgehead atoms. The van der Waals surface area contributed by atoms with E-state index in [4.69, 9.17) is 4.74 Å². The lowest BCUT2D eigenvalue weighted by atomic mass is 10.1. The normalized spacial score (nSPS) is 15.9. The molecule has 6 heteroatoms. The summed E-state index contributed by atoms with van der Waals surface area (Å²) in [4.78, 5) is 25.2. The lowest BCUT2D eigenvalue weighted by Crippen LogP contribution is -2.34. The van der Waals surface area contributed by atoms with Crippen LogP contribution in [-0.4, -0.2) is 50.9 Å². The molecule has 0 saturated heterocycles. The summed E-state index contributed by atoms with van der Waals surface area (Å²) in [6, 6.07) is 18.3. The highest BCUT2D eigenvalue weighted by molar-refractivity contribution is 6.19. The minimum absolute atomic E-state index is 0.0508. The number of rotatable bonds is 9. The van der Waals surface area contributed by atoms with Crippen LogP contribution in [0.25, 0.3) is 0 Å². The first-order valence-corrected chi connectivity index (χ1v) is 11.0. The predicted molar refractivity (Wildman–Crippen MR) is 131 cm³/mol. The van der Waals surface area contributed by atoms with E-state index in [-0.39, 0.29) is 12.0 Å². The van der Waals surface area contributed by atoms with Crippen molar-refractivity contribution in [3.8, 4) is 0 Å². The van der Waals surface area contributed by atoms with Crippen LogP contribution in [-0.2, 0) is 16.1 Å². The Labute approximate surface area is 190 Å². The van der Waals surface area contributed by atoms with Crippen LogP contribution in [0.3, 0.4) is 0 Å². The van der Waals surface area contributed by atoms with E-state index >= 15 is 0 Å². The van der Waals surface area contributed by atoms with Gasteiger partial charge in [-0.25, -0.2) is 4.99 Å². The van der Waals surface area contributed by atoms with E-state index < -0.39 is 0 Å². The van der Waals surface area contributed by atoms with Crippen LogP contribution >= 0.6 is 0 Å². The zero-order valence-electron chi connectivity index (χ0n) is 19.2. The highest BCUT2D eigenvalue weighted by Crippen LogP contribution is 2.26. The monoisotopic (exact) mass is 432 g/mol. The Bertz CT molecular complexity index is 984. The fourth-order valence-electron chi connectivity index (χ4n) is 3.89. The average molecular weight is 433 g/mol. The molecule has 0 radical (unpaired) electrons. The highest BCUT2D eigenvalue weighted by atomic mass is 16.5. The minimum Gasteiger partial charge on any atom is -0.369 e. The van der Waals surface area contributed by atoms with Crippen LogP contribution in [0.2, 0.25) is 0 Å². The minimum atomic E-state index is -0.131. The molecule has 6 nitrogen and oxygen atoms in total. The highest BCUT2D eigenvalue weighted by Gasteiger charge is 2.27. The SMILES string of the molecule is C=NC1=C(/C=N\C)C(=O)N(c2cccc(COC(CCC)c3ccccc3)c2)CCN1C. The summed E-state index contributed by atoms with van der Waals surface area (Å²) in [6.07, 6.45) is 3.62. The molecular formula is C26H32N4O2. The third-order valence-corrected chi connectivity index (χ3v) is 5.54. The summed E-state index contributed by atoms with van der Waals surface area (Å²) in [7, 11) is 3.56. The van der Waals surface area contributed by atoms with E-state index in [1.807, 2.05) is 54.4 Å². The van der Waals surface area contributed by atoms with Crippen molar-refractivity contribution in [2.24, 2.45) is 9.98 Å². The number of anilines is 1. The maximum absolute atomic E-state index is 13.3. The van der Waals surface area contributed by atoms with Gasteiger partial charge in [0.1, 0.15) is 11.4 Å². The summed E-state index contributed by atoms with van der Waals surface area (Å²) < 4.78 is 6.29. The number of carbonyl (C=O) groups is 1. The lowest BCUT2D eigenvalue weighted by Gasteiger charge is -2.23. The molecule has 1 unspecified atom stereocenters. The second kappa shape index (κ2) is 11.4. The molecule has 0 spiro atoms. The molecule has 0 fully saturated rings. The van der Waals surface area contributed by atoms with Gasteiger partial charge in [-0.05, 0) is 36.4 Å². The molecule has 1 aliphatic heterocycles. The molecule has 0 N–H and O–H groups in total. The van der Waals surface area contributed by atoms with Crippen molar-refractivity contribution in [1.82, 2.24) is 4.90 Å². The number of likely N-dealkylation sites (N-methyl/N-ethyl adjacent to an activating group) is 1. The summed E-state index contributed by atoms with van der Waals surface area (Å²) >= 11 is 0. The fraction of sp³-hybridized carbons (Fsp3) is 0.346. The largest absolute Gasteiger partial charge is 0.369 e.